The van der Waals surface area contributed by atoms with E-state index in [0.717, 1.165) is 6.42 Å². The molecule has 3 N–H and O–H groups in total. The Balaban J connectivity index is 2.79. The van der Waals surface area contributed by atoms with Crippen LogP contribution in [0.3, 0.4) is 0 Å². The highest BCUT2D eigenvalue weighted by Crippen LogP contribution is 2.26. The first-order valence-corrected chi connectivity index (χ1v) is 5.96. The van der Waals surface area contributed by atoms with Crippen molar-refractivity contribution in [2.45, 2.75) is 33.1 Å². The lowest BCUT2D eigenvalue weighted by Gasteiger charge is -2.20. The number of nitrogens with two attached hydrogens (primary N) is 1. The number of aliphatic hydroxyl groups is 1. The fourth-order valence-corrected chi connectivity index (χ4v) is 2.16. The molecule has 16 heavy (non-hydrogen) atoms. The van der Waals surface area contributed by atoms with Crippen LogP contribution in [0.1, 0.15) is 36.0 Å². The molecule has 2 nitrogen and oxygen atoms in total. The predicted molar refractivity (Wildman–Crippen MR) is 68.6 cm³/mol. The summed E-state index contributed by atoms with van der Waals surface area (Å²) in [6, 6.07) is 6.54. The van der Waals surface area contributed by atoms with Gasteiger partial charge in [0.15, 0.2) is 0 Å². The van der Waals surface area contributed by atoms with Gasteiger partial charge in [0.1, 0.15) is 0 Å². The minimum atomic E-state index is 0.186. The van der Waals surface area contributed by atoms with Crippen molar-refractivity contribution in [3.63, 3.8) is 0 Å². The van der Waals surface area contributed by atoms with Crippen LogP contribution in [0.5, 0.6) is 0 Å². The number of hydrogen-bond donors (Lipinski definition) is 2. The third-order valence-corrected chi connectivity index (χ3v) is 3.24. The van der Waals surface area contributed by atoms with Gasteiger partial charge in [0, 0.05) is 6.61 Å². The lowest BCUT2D eigenvalue weighted by Crippen LogP contribution is -2.20. The Bertz CT molecular complexity index is 332. The zero-order valence-corrected chi connectivity index (χ0v) is 10.5. The molecular formula is C14H23NO. The van der Waals surface area contributed by atoms with Gasteiger partial charge in [-0.15, -0.1) is 0 Å². The maximum atomic E-state index is 9.17. The summed E-state index contributed by atoms with van der Waals surface area (Å²) in [4.78, 5) is 0. The first-order chi connectivity index (χ1) is 7.58. The summed E-state index contributed by atoms with van der Waals surface area (Å²) in [6.45, 7) is 7.21. The molecule has 0 aromatic heterocycles. The highest BCUT2D eigenvalue weighted by molar-refractivity contribution is 5.32. The van der Waals surface area contributed by atoms with Crippen LogP contribution in [-0.2, 0) is 0 Å². The minimum Gasteiger partial charge on any atom is -0.396 e. The van der Waals surface area contributed by atoms with Gasteiger partial charge < -0.3 is 10.8 Å². The van der Waals surface area contributed by atoms with Crippen molar-refractivity contribution in [2.75, 3.05) is 13.2 Å². The van der Waals surface area contributed by atoms with Gasteiger partial charge in [-0.2, -0.15) is 0 Å². The van der Waals surface area contributed by atoms with Gasteiger partial charge in [-0.25, -0.2) is 0 Å². The molecule has 1 rings (SSSR count). The number of hydrogen-bond acceptors (Lipinski definition) is 2. The van der Waals surface area contributed by atoms with Gasteiger partial charge in [-0.3, -0.25) is 0 Å². The lowest BCUT2D eigenvalue weighted by atomic mass is 9.87. The summed E-state index contributed by atoms with van der Waals surface area (Å²) in [6.07, 6.45) is 0.956. The molecule has 2 unspecified atom stereocenters. The van der Waals surface area contributed by atoms with Crippen molar-refractivity contribution in [1.29, 1.82) is 0 Å². The van der Waals surface area contributed by atoms with Crippen LogP contribution >= 0.6 is 0 Å². The average Bonchev–Trinajstić information content (AvgIpc) is 2.28. The number of aryl methyl sites for hydroxylation is 2. The van der Waals surface area contributed by atoms with E-state index in [-0.39, 0.29) is 12.5 Å². The minimum absolute atomic E-state index is 0.186. The van der Waals surface area contributed by atoms with Crippen molar-refractivity contribution in [1.82, 2.24) is 0 Å². The van der Waals surface area contributed by atoms with Crippen LogP contribution in [0, 0.1) is 19.8 Å². The summed E-state index contributed by atoms with van der Waals surface area (Å²) in [7, 11) is 0. The van der Waals surface area contributed by atoms with Crippen LogP contribution in [0.25, 0.3) is 0 Å². The third-order valence-electron chi connectivity index (χ3n) is 3.24. The van der Waals surface area contributed by atoms with E-state index >= 15 is 0 Å². The Morgan fingerprint density at radius 3 is 2.56 bits per heavy atom. The molecule has 1 aromatic rings. The van der Waals surface area contributed by atoms with E-state index < -0.39 is 0 Å². The summed E-state index contributed by atoms with van der Waals surface area (Å²) < 4.78 is 0. The predicted octanol–water partition coefficient (Wildman–Crippen LogP) is 2.36. The zero-order chi connectivity index (χ0) is 12.1. The molecule has 0 bridgehead atoms. The van der Waals surface area contributed by atoms with E-state index in [1.54, 1.807) is 0 Å². The molecule has 2 heteroatoms. The van der Waals surface area contributed by atoms with E-state index in [9.17, 15) is 0 Å². The molecule has 1 aromatic carbocycles. The Morgan fingerprint density at radius 2 is 2.00 bits per heavy atom. The highest BCUT2D eigenvalue weighted by atomic mass is 16.3. The van der Waals surface area contributed by atoms with Crippen LogP contribution in [0.2, 0.25) is 0 Å². The van der Waals surface area contributed by atoms with Crippen molar-refractivity contribution in [3.05, 3.63) is 34.9 Å². The quantitative estimate of drug-likeness (QED) is 0.802. The van der Waals surface area contributed by atoms with Gasteiger partial charge in [-0.05, 0) is 49.8 Å². The number of benzene rings is 1. The summed E-state index contributed by atoms with van der Waals surface area (Å²) in [5.74, 6) is 0.676. The molecule has 0 saturated carbocycles. The largest absolute Gasteiger partial charge is 0.396 e. The fraction of sp³-hybridized carbons (Fsp3) is 0.571. The number of rotatable bonds is 5. The Hall–Kier alpha value is -0.860. The van der Waals surface area contributed by atoms with E-state index in [2.05, 4.69) is 39.0 Å². The van der Waals surface area contributed by atoms with Crippen LogP contribution in [0.15, 0.2) is 18.2 Å². The molecule has 0 saturated heterocycles. The van der Waals surface area contributed by atoms with E-state index in [1.807, 2.05) is 0 Å². The van der Waals surface area contributed by atoms with Gasteiger partial charge in [0.05, 0.1) is 0 Å². The number of aliphatic hydroxyl groups excluding tert-OH is 1. The third kappa shape index (κ3) is 3.32. The second-order valence-corrected chi connectivity index (χ2v) is 4.78. The van der Waals surface area contributed by atoms with E-state index in [4.69, 9.17) is 10.8 Å². The van der Waals surface area contributed by atoms with Crippen molar-refractivity contribution < 1.29 is 5.11 Å². The Morgan fingerprint density at radius 1 is 1.31 bits per heavy atom. The summed E-state index contributed by atoms with van der Waals surface area (Å²) >= 11 is 0. The molecule has 2 atom stereocenters. The first kappa shape index (κ1) is 13.2. The van der Waals surface area contributed by atoms with Gasteiger partial charge in [0.2, 0.25) is 0 Å². The Labute approximate surface area is 98.5 Å². The molecule has 0 aliphatic heterocycles. The van der Waals surface area contributed by atoms with E-state index in [1.165, 1.54) is 16.7 Å². The SMILES string of the molecule is Cc1ccc(C)c(C(C)CC(CN)CO)c1. The van der Waals surface area contributed by atoms with Crippen LogP contribution in [-0.4, -0.2) is 18.3 Å². The molecule has 0 aliphatic rings. The second kappa shape index (κ2) is 6.02. The maximum Gasteiger partial charge on any atom is 0.0471 e. The Kier molecular flexibility index (Phi) is 4.97. The van der Waals surface area contributed by atoms with Crippen LogP contribution in [0.4, 0.5) is 0 Å². The van der Waals surface area contributed by atoms with Gasteiger partial charge in [-0.1, -0.05) is 30.7 Å². The molecule has 0 fully saturated rings. The molecule has 90 valence electrons. The smallest absolute Gasteiger partial charge is 0.0471 e. The molecule has 0 radical (unpaired) electrons. The molecule has 0 heterocycles. The summed E-state index contributed by atoms with van der Waals surface area (Å²) in [5, 5.41) is 9.17. The monoisotopic (exact) mass is 221 g/mol. The summed E-state index contributed by atoms with van der Waals surface area (Å²) in [5.41, 5.74) is 9.62. The van der Waals surface area contributed by atoms with Crippen molar-refractivity contribution >= 4 is 0 Å². The van der Waals surface area contributed by atoms with Crippen LogP contribution < -0.4 is 5.73 Å². The highest BCUT2D eigenvalue weighted by Gasteiger charge is 2.14. The van der Waals surface area contributed by atoms with Crippen molar-refractivity contribution in [3.8, 4) is 0 Å². The van der Waals surface area contributed by atoms with Crippen molar-refractivity contribution in [2.24, 2.45) is 11.7 Å². The zero-order valence-electron chi connectivity index (χ0n) is 10.5. The maximum absolute atomic E-state index is 9.17. The van der Waals surface area contributed by atoms with E-state index in [0.29, 0.717) is 12.5 Å². The lowest BCUT2D eigenvalue weighted by molar-refractivity contribution is 0.217. The first-order valence-electron chi connectivity index (χ1n) is 5.96. The van der Waals surface area contributed by atoms with Gasteiger partial charge in [0.25, 0.3) is 0 Å². The average molecular weight is 221 g/mol. The van der Waals surface area contributed by atoms with Gasteiger partial charge >= 0.3 is 0 Å². The molecule has 0 aliphatic carbocycles. The normalized spacial score (nSPS) is 14.8. The molecular weight excluding hydrogens is 198 g/mol. The topological polar surface area (TPSA) is 46.2 Å². The molecule has 0 amide bonds. The second-order valence-electron chi connectivity index (χ2n) is 4.78. The standard InChI is InChI=1S/C14H23NO/c1-10-4-5-11(2)14(6-10)12(3)7-13(8-15)9-16/h4-6,12-13,16H,7-9,15H2,1-3H3. The fourth-order valence-electron chi connectivity index (χ4n) is 2.16. The molecule has 0 spiro atoms.